The van der Waals surface area contributed by atoms with Crippen molar-refractivity contribution in [1.29, 1.82) is 0 Å². The summed E-state index contributed by atoms with van der Waals surface area (Å²) in [4.78, 5) is 27.4. The summed E-state index contributed by atoms with van der Waals surface area (Å²) in [5.74, 6) is 0.992. The molecule has 4 heteroatoms. The first-order valence-electron chi connectivity index (χ1n) is 7.90. The molecular weight excluding hydrogens is 252 g/mol. The van der Waals surface area contributed by atoms with Gasteiger partial charge in [-0.15, -0.1) is 0 Å². The number of hydrogen-bond donors (Lipinski definition) is 1. The molecule has 1 saturated carbocycles. The lowest BCUT2D eigenvalue weighted by Gasteiger charge is -2.50. The third-order valence-corrected chi connectivity index (χ3v) is 5.14. The Hall–Kier alpha value is -1.06. The standard InChI is InChI=1S/C16H28N2O2/c1-6-15(4)14(20)18(10-9-11(2)3)16(5,12-7-8-12)13(19)17-15/h11-12H,6-10H2,1-5H3,(H,17,19). The minimum absolute atomic E-state index is 0.0349. The normalized spacial score (nSPS) is 34.6. The molecule has 2 aliphatic rings. The van der Waals surface area contributed by atoms with Gasteiger partial charge in [0.25, 0.3) is 0 Å². The number of nitrogens with zero attached hydrogens (tertiary/aromatic N) is 1. The average molecular weight is 280 g/mol. The zero-order chi connectivity index (χ0) is 15.1. The van der Waals surface area contributed by atoms with Gasteiger partial charge in [0.2, 0.25) is 11.8 Å². The second-order valence-corrected chi connectivity index (χ2v) is 7.20. The van der Waals surface area contributed by atoms with Gasteiger partial charge in [-0.05, 0) is 51.4 Å². The Morgan fingerprint density at radius 1 is 1.30 bits per heavy atom. The van der Waals surface area contributed by atoms with Crippen molar-refractivity contribution in [2.75, 3.05) is 6.54 Å². The Bertz CT molecular complexity index is 417. The zero-order valence-corrected chi connectivity index (χ0v) is 13.5. The highest BCUT2D eigenvalue weighted by Crippen LogP contribution is 2.46. The number of rotatable bonds is 5. The van der Waals surface area contributed by atoms with E-state index in [9.17, 15) is 9.59 Å². The van der Waals surface area contributed by atoms with E-state index >= 15 is 0 Å². The van der Waals surface area contributed by atoms with Crippen LogP contribution in [0, 0.1) is 11.8 Å². The quantitative estimate of drug-likeness (QED) is 0.840. The lowest BCUT2D eigenvalue weighted by molar-refractivity contribution is -0.163. The van der Waals surface area contributed by atoms with Crippen molar-refractivity contribution < 1.29 is 9.59 Å². The van der Waals surface area contributed by atoms with E-state index in [-0.39, 0.29) is 11.8 Å². The fraction of sp³-hybridized carbons (Fsp3) is 0.875. The van der Waals surface area contributed by atoms with E-state index in [1.54, 1.807) is 0 Å². The summed E-state index contributed by atoms with van der Waals surface area (Å²) in [7, 11) is 0. The van der Waals surface area contributed by atoms with Crippen LogP contribution in [0.25, 0.3) is 0 Å². The minimum atomic E-state index is -0.734. The highest BCUT2D eigenvalue weighted by Gasteiger charge is 2.59. The van der Waals surface area contributed by atoms with Crippen LogP contribution in [0.15, 0.2) is 0 Å². The van der Waals surface area contributed by atoms with Gasteiger partial charge in [-0.25, -0.2) is 0 Å². The SMILES string of the molecule is CCC1(C)NC(=O)C(C)(C2CC2)N(CCC(C)C)C1=O. The van der Waals surface area contributed by atoms with Crippen LogP contribution in [0.2, 0.25) is 0 Å². The number of carbonyl (C=O) groups is 2. The fourth-order valence-corrected chi connectivity index (χ4v) is 3.07. The summed E-state index contributed by atoms with van der Waals surface area (Å²) < 4.78 is 0. The molecule has 2 fully saturated rings. The first-order valence-corrected chi connectivity index (χ1v) is 7.90. The fourth-order valence-electron chi connectivity index (χ4n) is 3.07. The molecular formula is C16H28N2O2. The summed E-state index contributed by atoms with van der Waals surface area (Å²) in [6.45, 7) is 10.8. The van der Waals surface area contributed by atoms with E-state index < -0.39 is 11.1 Å². The Morgan fingerprint density at radius 2 is 1.90 bits per heavy atom. The Balaban J connectivity index is 2.31. The maximum absolute atomic E-state index is 12.9. The van der Waals surface area contributed by atoms with Gasteiger partial charge >= 0.3 is 0 Å². The smallest absolute Gasteiger partial charge is 0.248 e. The highest BCUT2D eigenvalue weighted by molar-refractivity contribution is 6.02. The van der Waals surface area contributed by atoms with Crippen molar-refractivity contribution >= 4 is 11.8 Å². The molecule has 0 aromatic heterocycles. The molecule has 1 saturated heterocycles. The van der Waals surface area contributed by atoms with Crippen LogP contribution in [0.4, 0.5) is 0 Å². The van der Waals surface area contributed by atoms with Crippen LogP contribution < -0.4 is 5.32 Å². The molecule has 0 radical (unpaired) electrons. The van der Waals surface area contributed by atoms with E-state index in [0.29, 0.717) is 24.8 Å². The monoisotopic (exact) mass is 280 g/mol. The molecule has 2 rings (SSSR count). The third kappa shape index (κ3) is 2.33. The van der Waals surface area contributed by atoms with Crippen LogP contribution in [-0.2, 0) is 9.59 Å². The molecule has 0 spiro atoms. The first-order chi connectivity index (χ1) is 9.25. The molecule has 1 aliphatic heterocycles. The number of nitrogens with one attached hydrogen (secondary N) is 1. The minimum Gasteiger partial charge on any atom is -0.340 e. The van der Waals surface area contributed by atoms with Crippen LogP contribution in [-0.4, -0.2) is 34.3 Å². The maximum Gasteiger partial charge on any atom is 0.248 e. The van der Waals surface area contributed by atoms with Gasteiger partial charge in [0, 0.05) is 6.54 Å². The van der Waals surface area contributed by atoms with Crippen molar-refractivity contribution in [2.45, 2.75) is 71.4 Å². The van der Waals surface area contributed by atoms with Crippen molar-refractivity contribution in [2.24, 2.45) is 11.8 Å². The Kier molecular flexibility index (Phi) is 3.87. The summed E-state index contributed by atoms with van der Waals surface area (Å²) in [5.41, 5.74) is -1.37. The van der Waals surface area contributed by atoms with E-state index in [1.807, 2.05) is 25.7 Å². The third-order valence-electron chi connectivity index (χ3n) is 5.14. The van der Waals surface area contributed by atoms with Crippen LogP contribution in [0.5, 0.6) is 0 Å². The average Bonchev–Trinajstić information content (AvgIpc) is 3.20. The second kappa shape index (κ2) is 5.05. The molecule has 0 aromatic carbocycles. The number of carbonyl (C=O) groups excluding carboxylic acids is 2. The first kappa shape index (κ1) is 15.3. The molecule has 0 aromatic rings. The van der Waals surface area contributed by atoms with Crippen molar-refractivity contribution in [3.63, 3.8) is 0 Å². The van der Waals surface area contributed by atoms with Gasteiger partial charge < -0.3 is 10.2 Å². The van der Waals surface area contributed by atoms with E-state index in [2.05, 4.69) is 19.2 Å². The summed E-state index contributed by atoms with van der Waals surface area (Å²) in [6.07, 6.45) is 3.69. The van der Waals surface area contributed by atoms with Gasteiger partial charge in [-0.3, -0.25) is 9.59 Å². The van der Waals surface area contributed by atoms with Crippen molar-refractivity contribution in [1.82, 2.24) is 10.2 Å². The van der Waals surface area contributed by atoms with E-state index in [0.717, 1.165) is 19.3 Å². The number of piperazine rings is 1. The van der Waals surface area contributed by atoms with Gasteiger partial charge in [0.05, 0.1) is 0 Å². The van der Waals surface area contributed by atoms with Crippen LogP contribution >= 0.6 is 0 Å². The molecule has 20 heavy (non-hydrogen) atoms. The van der Waals surface area contributed by atoms with Gasteiger partial charge in [0.15, 0.2) is 0 Å². The molecule has 4 nitrogen and oxygen atoms in total. The largest absolute Gasteiger partial charge is 0.340 e. The molecule has 1 aliphatic carbocycles. The Labute approximate surface area is 122 Å². The lowest BCUT2D eigenvalue weighted by atomic mass is 9.82. The molecule has 1 N–H and O–H groups in total. The second-order valence-electron chi connectivity index (χ2n) is 7.20. The van der Waals surface area contributed by atoms with Crippen LogP contribution in [0.3, 0.4) is 0 Å². The topological polar surface area (TPSA) is 49.4 Å². The lowest BCUT2D eigenvalue weighted by Crippen LogP contribution is -2.74. The maximum atomic E-state index is 12.9. The van der Waals surface area contributed by atoms with E-state index in [4.69, 9.17) is 0 Å². The molecule has 2 atom stereocenters. The van der Waals surface area contributed by atoms with Crippen molar-refractivity contribution in [3.05, 3.63) is 0 Å². The van der Waals surface area contributed by atoms with E-state index in [1.165, 1.54) is 0 Å². The zero-order valence-electron chi connectivity index (χ0n) is 13.5. The van der Waals surface area contributed by atoms with Gasteiger partial charge in [-0.2, -0.15) is 0 Å². The number of amides is 2. The molecule has 0 bridgehead atoms. The summed E-state index contributed by atoms with van der Waals surface area (Å²) in [6, 6.07) is 0. The van der Waals surface area contributed by atoms with Gasteiger partial charge in [-0.1, -0.05) is 20.8 Å². The van der Waals surface area contributed by atoms with Crippen LogP contribution in [0.1, 0.15) is 60.3 Å². The molecule has 2 unspecified atom stereocenters. The molecule has 114 valence electrons. The predicted molar refractivity (Wildman–Crippen MR) is 79.1 cm³/mol. The predicted octanol–water partition coefficient (Wildman–Crippen LogP) is 2.33. The Morgan fingerprint density at radius 3 is 2.35 bits per heavy atom. The van der Waals surface area contributed by atoms with Crippen molar-refractivity contribution in [3.8, 4) is 0 Å². The summed E-state index contributed by atoms with van der Waals surface area (Å²) >= 11 is 0. The van der Waals surface area contributed by atoms with Gasteiger partial charge in [0.1, 0.15) is 11.1 Å². The molecule has 2 amide bonds. The summed E-state index contributed by atoms with van der Waals surface area (Å²) in [5, 5.41) is 2.99. The highest BCUT2D eigenvalue weighted by atomic mass is 16.2. The molecule has 1 heterocycles. The number of hydrogen-bond acceptors (Lipinski definition) is 2.